The number of hydrogen-bond donors (Lipinski definition) is 1. The lowest BCUT2D eigenvalue weighted by Crippen LogP contribution is -2.23. The smallest absolute Gasteiger partial charge is 0.328 e. The van der Waals surface area contributed by atoms with Crippen molar-refractivity contribution in [2.24, 2.45) is 0 Å². The van der Waals surface area contributed by atoms with Crippen LogP contribution < -0.4 is 20.3 Å². The molecule has 0 bridgehead atoms. The molecule has 0 atom stereocenters. The molecule has 4 aromatic rings. The maximum Gasteiger partial charge on any atom is 0.328 e. The number of ether oxygens (including phenoxy) is 2. The van der Waals surface area contributed by atoms with Crippen molar-refractivity contribution in [2.45, 2.75) is 6.92 Å². The zero-order valence-electron chi connectivity index (χ0n) is 16.3. The first-order valence-corrected chi connectivity index (χ1v) is 9.16. The molecule has 0 saturated heterocycles. The van der Waals surface area contributed by atoms with E-state index in [9.17, 15) is 9.59 Å². The summed E-state index contributed by atoms with van der Waals surface area (Å²) in [6.07, 6.45) is 1.24. The molecule has 0 aliphatic heterocycles. The SMILES string of the molecule is CCOc1ccc(-c2nn3c(=O)c(NC(=O)c4ccc(OC)cc4)cnc3o2)cc1. The third-order valence-electron chi connectivity index (χ3n) is 4.30. The van der Waals surface area contributed by atoms with E-state index in [1.54, 1.807) is 48.5 Å². The van der Waals surface area contributed by atoms with Crippen LogP contribution in [0.3, 0.4) is 0 Å². The van der Waals surface area contributed by atoms with E-state index in [4.69, 9.17) is 13.9 Å². The summed E-state index contributed by atoms with van der Waals surface area (Å²) < 4.78 is 17.1. The highest BCUT2D eigenvalue weighted by Gasteiger charge is 2.15. The van der Waals surface area contributed by atoms with Crippen LogP contribution in [0, 0.1) is 0 Å². The molecule has 1 N–H and O–H groups in total. The third kappa shape index (κ3) is 3.72. The second kappa shape index (κ2) is 8.08. The number of carbonyl (C=O) groups is 1. The van der Waals surface area contributed by atoms with Gasteiger partial charge in [-0.3, -0.25) is 9.59 Å². The van der Waals surface area contributed by atoms with Crippen LogP contribution in [0.5, 0.6) is 11.5 Å². The van der Waals surface area contributed by atoms with Gasteiger partial charge in [-0.2, -0.15) is 0 Å². The first-order chi connectivity index (χ1) is 14.6. The number of rotatable bonds is 6. The Labute approximate surface area is 170 Å². The van der Waals surface area contributed by atoms with Crippen molar-refractivity contribution in [1.29, 1.82) is 0 Å². The highest BCUT2D eigenvalue weighted by Crippen LogP contribution is 2.22. The van der Waals surface area contributed by atoms with Crippen molar-refractivity contribution in [3.05, 3.63) is 70.6 Å². The van der Waals surface area contributed by atoms with Crippen molar-refractivity contribution in [3.8, 4) is 23.0 Å². The van der Waals surface area contributed by atoms with Crippen molar-refractivity contribution >= 4 is 17.4 Å². The van der Waals surface area contributed by atoms with Gasteiger partial charge in [0.15, 0.2) is 0 Å². The molecule has 0 aliphatic carbocycles. The number of nitrogens with zero attached hydrogens (tertiary/aromatic N) is 3. The van der Waals surface area contributed by atoms with Gasteiger partial charge in [0.1, 0.15) is 17.2 Å². The summed E-state index contributed by atoms with van der Waals surface area (Å²) in [5, 5.41) is 6.74. The standard InChI is InChI=1S/C21H18N4O5/c1-3-29-16-10-6-14(7-11-16)19-24-25-20(27)17(12-22-21(25)30-19)23-18(26)13-4-8-15(28-2)9-5-13/h4-12H,3H2,1-2H3,(H,23,26). The first-order valence-electron chi connectivity index (χ1n) is 9.16. The van der Waals surface area contributed by atoms with E-state index in [1.807, 2.05) is 6.92 Å². The van der Waals surface area contributed by atoms with Crippen LogP contribution in [0.4, 0.5) is 5.69 Å². The van der Waals surface area contributed by atoms with E-state index >= 15 is 0 Å². The lowest BCUT2D eigenvalue weighted by Gasteiger charge is -2.05. The topological polar surface area (TPSA) is 108 Å². The normalized spacial score (nSPS) is 10.7. The molecule has 0 fully saturated rings. The monoisotopic (exact) mass is 406 g/mol. The van der Waals surface area contributed by atoms with Crippen LogP contribution >= 0.6 is 0 Å². The Morgan fingerprint density at radius 1 is 1.10 bits per heavy atom. The average molecular weight is 406 g/mol. The highest BCUT2D eigenvalue weighted by molar-refractivity contribution is 6.04. The quantitative estimate of drug-likeness (QED) is 0.524. The van der Waals surface area contributed by atoms with Crippen molar-refractivity contribution in [2.75, 3.05) is 19.0 Å². The van der Waals surface area contributed by atoms with E-state index in [2.05, 4.69) is 15.4 Å². The van der Waals surface area contributed by atoms with E-state index in [-0.39, 0.29) is 17.4 Å². The van der Waals surface area contributed by atoms with Gasteiger partial charge in [-0.05, 0) is 55.5 Å². The Morgan fingerprint density at radius 3 is 2.47 bits per heavy atom. The lowest BCUT2D eigenvalue weighted by atomic mass is 10.2. The van der Waals surface area contributed by atoms with Crippen molar-refractivity contribution in [3.63, 3.8) is 0 Å². The second-order valence-corrected chi connectivity index (χ2v) is 6.22. The Morgan fingerprint density at radius 2 is 1.80 bits per heavy atom. The fraction of sp³-hybridized carbons (Fsp3) is 0.143. The van der Waals surface area contributed by atoms with Crippen molar-refractivity contribution < 1.29 is 18.7 Å². The summed E-state index contributed by atoms with van der Waals surface area (Å²) in [5.41, 5.74) is 0.463. The molecule has 0 radical (unpaired) electrons. The molecular formula is C21H18N4O5. The number of hydrogen-bond acceptors (Lipinski definition) is 7. The van der Waals surface area contributed by atoms with Crippen LogP contribution in [-0.4, -0.2) is 34.2 Å². The minimum Gasteiger partial charge on any atom is -0.497 e. The van der Waals surface area contributed by atoms with Gasteiger partial charge in [-0.25, -0.2) is 4.98 Å². The first kappa shape index (κ1) is 19.2. The fourth-order valence-corrected chi connectivity index (χ4v) is 2.79. The summed E-state index contributed by atoms with van der Waals surface area (Å²) in [5.74, 6) is 1.13. The summed E-state index contributed by atoms with van der Waals surface area (Å²) >= 11 is 0. The van der Waals surface area contributed by atoms with Crippen LogP contribution in [0.15, 0.2) is 63.9 Å². The Hall–Kier alpha value is -4.14. The van der Waals surface area contributed by atoms with E-state index in [0.29, 0.717) is 23.5 Å². The van der Waals surface area contributed by atoms with Gasteiger partial charge in [-0.1, -0.05) is 0 Å². The number of aromatic nitrogens is 3. The predicted octanol–water partition coefficient (Wildman–Crippen LogP) is 3.01. The van der Waals surface area contributed by atoms with Gasteiger partial charge in [-0.15, -0.1) is 9.61 Å². The van der Waals surface area contributed by atoms with Gasteiger partial charge in [0.05, 0.1) is 19.9 Å². The zero-order chi connectivity index (χ0) is 21.1. The molecule has 2 heterocycles. The highest BCUT2D eigenvalue weighted by atomic mass is 16.5. The van der Waals surface area contributed by atoms with E-state index in [1.165, 1.54) is 13.3 Å². The van der Waals surface area contributed by atoms with Crippen LogP contribution in [0.25, 0.3) is 17.3 Å². The molecule has 0 unspecified atom stereocenters. The number of anilines is 1. The predicted molar refractivity (Wildman–Crippen MR) is 109 cm³/mol. The van der Waals surface area contributed by atoms with Gasteiger partial charge < -0.3 is 19.2 Å². The molecule has 9 heteroatoms. The maximum absolute atomic E-state index is 12.7. The van der Waals surface area contributed by atoms with E-state index < -0.39 is 11.5 Å². The van der Waals surface area contributed by atoms with Crippen molar-refractivity contribution in [1.82, 2.24) is 14.6 Å². The molecule has 2 aromatic heterocycles. The molecule has 4 rings (SSSR count). The van der Waals surface area contributed by atoms with Crippen LogP contribution in [0.1, 0.15) is 17.3 Å². The van der Waals surface area contributed by atoms with Crippen LogP contribution in [0.2, 0.25) is 0 Å². The maximum atomic E-state index is 12.7. The fourth-order valence-electron chi connectivity index (χ4n) is 2.79. The minimum atomic E-state index is -0.553. The number of nitrogens with one attached hydrogen (secondary N) is 1. The Balaban J connectivity index is 1.60. The number of fused-ring (bicyclic) bond motifs is 1. The molecule has 9 nitrogen and oxygen atoms in total. The lowest BCUT2D eigenvalue weighted by molar-refractivity contribution is 0.102. The summed E-state index contributed by atoms with van der Waals surface area (Å²) in [6.45, 7) is 2.46. The average Bonchev–Trinajstić information content (AvgIpc) is 3.22. The third-order valence-corrected chi connectivity index (χ3v) is 4.30. The summed E-state index contributed by atoms with van der Waals surface area (Å²) in [7, 11) is 1.54. The zero-order valence-corrected chi connectivity index (χ0v) is 16.3. The minimum absolute atomic E-state index is 0.0140. The Kier molecular flexibility index (Phi) is 5.17. The molecule has 0 aliphatic rings. The van der Waals surface area contributed by atoms with Gasteiger partial charge >= 0.3 is 11.4 Å². The second-order valence-electron chi connectivity index (χ2n) is 6.22. The van der Waals surface area contributed by atoms with Gasteiger partial charge in [0.25, 0.3) is 5.91 Å². The molecule has 2 aromatic carbocycles. The molecule has 1 amide bonds. The van der Waals surface area contributed by atoms with E-state index in [0.717, 1.165) is 10.3 Å². The van der Waals surface area contributed by atoms with Crippen LogP contribution in [-0.2, 0) is 0 Å². The molecule has 0 saturated carbocycles. The molecule has 0 spiro atoms. The summed E-state index contributed by atoms with van der Waals surface area (Å²) in [6, 6.07) is 13.6. The largest absolute Gasteiger partial charge is 0.497 e. The molecular weight excluding hydrogens is 388 g/mol. The number of carbonyl (C=O) groups excluding carboxylic acids is 1. The number of benzene rings is 2. The molecule has 30 heavy (non-hydrogen) atoms. The summed E-state index contributed by atoms with van der Waals surface area (Å²) in [4.78, 5) is 29.2. The Bertz CT molecular complexity index is 1240. The number of methoxy groups -OCH3 is 1. The number of amides is 1. The van der Waals surface area contributed by atoms with Gasteiger partial charge in [0.2, 0.25) is 5.89 Å². The molecule has 152 valence electrons. The van der Waals surface area contributed by atoms with Gasteiger partial charge in [0, 0.05) is 11.1 Å².